The minimum atomic E-state index is -0.0302. The standard InChI is InChI=1S/C10H11NO/c1-7(11)10-6-8-4-2-3-5-9(8)12-10/h2-7H,11H2,1H3/t7-/m0/s1. The van der Waals surface area contributed by atoms with Crippen molar-refractivity contribution >= 4 is 11.0 Å². The summed E-state index contributed by atoms with van der Waals surface area (Å²) in [5.74, 6) is 0.844. The second-order valence-corrected chi connectivity index (χ2v) is 2.98. The molecule has 0 saturated heterocycles. The Morgan fingerprint density at radius 1 is 1.33 bits per heavy atom. The lowest BCUT2D eigenvalue weighted by Gasteiger charge is -1.96. The summed E-state index contributed by atoms with van der Waals surface area (Å²) in [5.41, 5.74) is 6.59. The Morgan fingerprint density at radius 3 is 2.75 bits per heavy atom. The molecule has 0 saturated carbocycles. The van der Waals surface area contributed by atoms with E-state index in [1.165, 1.54) is 0 Å². The third kappa shape index (κ3) is 1.10. The summed E-state index contributed by atoms with van der Waals surface area (Å²) >= 11 is 0. The Bertz CT molecular complexity index is 356. The molecule has 0 bridgehead atoms. The van der Waals surface area contributed by atoms with Crippen molar-refractivity contribution < 1.29 is 4.42 Å². The van der Waals surface area contributed by atoms with E-state index in [1.807, 2.05) is 37.3 Å². The van der Waals surface area contributed by atoms with Crippen LogP contribution in [-0.4, -0.2) is 0 Å². The van der Waals surface area contributed by atoms with E-state index in [0.29, 0.717) is 0 Å². The molecule has 2 rings (SSSR count). The van der Waals surface area contributed by atoms with Crippen molar-refractivity contribution in [3.63, 3.8) is 0 Å². The van der Waals surface area contributed by atoms with E-state index in [2.05, 4.69) is 0 Å². The van der Waals surface area contributed by atoms with Crippen molar-refractivity contribution in [3.8, 4) is 0 Å². The molecule has 0 radical (unpaired) electrons. The molecule has 1 aromatic carbocycles. The predicted octanol–water partition coefficient (Wildman–Crippen LogP) is 2.45. The molecular formula is C10H11NO. The SMILES string of the molecule is C[C@H](N)c1cc2ccccc2o1. The first-order chi connectivity index (χ1) is 5.77. The van der Waals surface area contributed by atoms with Crippen LogP contribution in [0.3, 0.4) is 0 Å². The van der Waals surface area contributed by atoms with Crippen molar-refractivity contribution in [2.75, 3.05) is 0 Å². The smallest absolute Gasteiger partial charge is 0.134 e. The molecule has 0 aliphatic heterocycles. The van der Waals surface area contributed by atoms with Gasteiger partial charge in [-0.3, -0.25) is 0 Å². The van der Waals surface area contributed by atoms with Crippen molar-refractivity contribution in [2.45, 2.75) is 13.0 Å². The molecule has 2 N–H and O–H groups in total. The number of benzene rings is 1. The van der Waals surface area contributed by atoms with Gasteiger partial charge in [0.05, 0.1) is 6.04 Å². The molecule has 2 aromatic rings. The number of furan rings is 1. The minimum Gasteiger partial charge on any atom is -0.459 e. The van der Waals surface area contributed by atoms with E-state index < -0.39 is 0 Å². The molecule has 0 aliphatic rings. The predicted molar refractivity (Wildman–Crippen MR) is 48.8 cm³/mol. The van der Waals surface area contributed by atoms with Crippen LogP contribution in [0.25, 0.3) is 11.0 Å². The van der Waals surface area contributed by atoms with Crippen LogP contribution in [0.1, 0.15) is 18.7 Å². The topological polar surface area (TPSA) is 39.2 Å². The van der Waals surface area contributed by atoms with Crippen molar-refractivity contribution in [3.05, 3.63) is 36.1 Å². The fourth-order valence-electron chi connectivity index (χ4n) is 1.23. The van der Waals surface area contributed by atoms with Crippen LogP contribution < -0.4 is 5.73 Å². The zero-order valence-corrected chi connectivity index (χ0v) is 6.95. The zero-order valence-electron chi connectivity index (χ0n) is 6.95. The quantitative estimate of drug-likeness (QED) is 0.697. The van der Waals surface area contributed by atoms with E-state index in [-0.39, 0.29) is 6.04 Å². The van der Waals surface area contributed by atoms with Crippen LogP contribution in [0.4, 0.5) is 0 Å². The first-order valence-corrected chi connectivity index (χ1v) is 4.01. The third-order valence-electron chi connectivity index (χ3n) is 1.89. The maximum Gasteiger partial charge on any atom is 0.134 e. The van der Waals surface area contributed by atoms with Crippen LogP contribution >= 0.6 is 0 Å². The molecule has 1 atom stereocenters. The van der Waals surface area contributed by atoms with Crippen LogP contribution in [0.15, 0.2) is 34.7 Å². The van der Waals surface area contributed by atoms with Gasteiger partial charge in [0.1, 0.15) is 11.3 Å². The lowest BCUT2D eigenvalue weighted by molar-refractivity contribution is 0.513. The molecule has 2 heteroatoms. The molecule has 0 fully saturated rings. The number of hydrogen-bond acceptors (Lipinski definition) is 2. The Kier molecular flexibility index (Phi) is 1.62. The molecule has 12 heavy (non-hydrogen) atoms. The first kappa shape index (κ1) is 7.37. The Hall–Kier alpha value is -1.28. The number of hydrogen-bond donors (Lipinski definition) is 1. The number of fused-ring (bicyclic) bond motifs is 1. The van der Waals surface area contributed by atoms with Crippen molar-refractivity contribution in [1.82, 2.24) is 0 Å². The molecule has 0 amide bonds. The zero-order chi connectivity index (χ0) is 8.55. The number of para-hydroxylation sites is 1. The largest absolute Gasteiger partial charge is 0.459 e. The van der Waals surface area contributed by atoms with Gasteiger partial charge in [-0.25, -0.2) is 0 Å². The van der Waals surface area contributed by atoms with Gasteiger partial charge in [-0.15, -0.1) is 0 Å². The van der Waals surface area contributed by atoms with Crippen LogP contribution in [0.5, 0.6) is 0 Å². The maximum absolute atomic E-state index is 5.68. The Labute approximate surface area is 71.0 Å². The van der Waals surface area contributed by atoms with Crippen LogP contribution in [-0.2, 0) is 0 Å². The van der Waals surface area contributed by atoms with E-state index in [0.717, 1.165) is 16.7 Å². The van der Waals surface area contributed by atoms with Gasteiger partial charge in [0.2, 0.25) is 0 Å². The fraction of sp³-hybridized carbons (Fsp3) is 0.200. The highest BCUT2D eigenvalue weighted by molar-refractivity contribution is 5.77. The van der Waals surface area contributed by atoms with Crippen LogP contribution in [0, 0.1) is 0 Å². The second-order valence-electron chi connectivity index (χ2n) is 2.98. The molecular weight excluding hydrogens is 150 g/mol. The fourth-order valence-corrected chi connectivity index (χ4v) is 1.23. The van der Waals surface area contributed by atoms with Crippen LogP contribution in [0.2, 0.25) is 0 Å². The summed E-state index contributed by atoms with van der Waals surface area (Å²) in [4.78, 5) is 0. The van der Waals surface area contributed by atoms with Gasteiger partial charge in [-0.1, -0.05) is 18.2 Å². The summed E-state index contributed by atoms with van der Waals surface area (Å²) in [7, 11) is 0. The summed E-state index contributed by atoms with van der Waals surface area (Å²) in [5, 5.41) is 1.12. The van der Waals surface area contributed by atoms with Gasteiger partial charge in [-0.05, 0) is 19.1 Å². The highest BCUT2D eigenvalue weighted by Crippen LogP contribution is 2.21. The van der Waals surface area contributed by atoms with Gasteiger partial charge in [0.25, 0.3) is 0 Å². The van der Waals surface area contributed by atoms with Gasteiger partial charge in [-0.2, -0.15) is 0 Å². The highest BCUT2D eigenvalue weighted by atomic mass is 16.3. The van der Waals surface area contributed by atoms with Gasteiger partial charge < -0.3 is 10.2 Å². The summed E-state index contributed by atoms with van der Waals surface area (Å²) in [6, 6.07) is 9.86. The van der Waals surface area contributed by atoms with Crippen molar-refractivity contribution in [1.29, 1.82) is 0 Å². The third-order valence-corrected chi connectivity index (χ3v) is 1.89. The molecule has 0 aliphatic carbocycles. The molecule has 1 heterocycles. The lowest BCUT2D eigenvalue weighted by Crippen LogP contribution is -2.02. The molecule has 2 nitrogen and oxygen atoms in total. The second kappa shape index (κ2) is 2.64. The summed E-state index contributed by atoms with van der Waals surface area (Å²) in [6.07, 6.45) is 0. The maximum atomic E-state index is 5.68. The molecule has 1 aromatic heterocycles. The average molecular weight is 161 g/mol. The normalized spacial score (nSPS) is 13.5. The lowest BCUT2D eigenvalue weighted by atomic mass is 10.2. The van der Waals surface area contributed by atoms with E-state index in [9.17, 15) is 0 Å². The van der Waals surface area contributed by atoms with Gasteiger partial charge in [0, 0.05) is 5.39 Å². The first-order valence-electron chi connectivity index (χ1n) is 4.01. The van der Waals surface area contributed by atoms with E-state index in [1.54, 1.807) is 0 Å². The van der Waals surface area contributed by atoms with Crippen molar-refractivity contribution in [2.24, 2.45) is 5.73 Å². The number of nitrogens with two attached hydrogens (primary N) is 1. The van der Waals surface area contributed by atoms with Gasteiger partial charge >= 0.3 is 0 Å². The monoisotopic (exact) mass is 161 g/mol. The molecule has 62 valence electrons. The summed E-state index contributed by atoms with van der Waals surface area (Å²) < 4.78 is 5.50. The Morgan fingerprint density at radius 2 is 2.08 bits per heavy atom. The summed E-state index contributed by atoms with van der Waals surface area (Å²) in [6.45, 7) is 1.91. The molecule has 0 spiro atoms. The van der Waals surface area contributed by atoms with E-state index >= 15 is 0 Å². The van der Waals surface area contributed by atoms with Gasteiger partial charge in [0.15, 0.2) is 0 Å². The minimum absolute atomic E-state index is 0.0302. The Balaban J connectivity index is 2.62. The highest BCUT2D eigenvalue weighted by Gasteiger charge is 2.05. The van der Waals surface area contributed by atoms with E-state index in [4.69, 9.17) is 10.2 Å². The molecule has 0 unspecified atom stereocenters. The average Bonchev–Trinajstić information content (AvgIpc) is 2.46. The number of rotatable bonds is 1.